The van der Waals surface area contributed by atoms with Gasteiger partial charge in [-0.3, -0.25) is 24.0 Å². The van der Waals surface area contributed by atoms with Crippen molar-refractivity contribution >= 4 is 29.5 Å². The molecule has 4 aliphatic rings. The number of amides is 5. The van der Waals surface area contributed by atoms with Crippen LogP contribution in [0.25, 0.3) is 0 Å². The first-order valence-electron chi connectivity index (χ1n) is 23.4. The minimum absolute atomic E-state index is 0.00379. The van der Waals surface area contributed by atoms with Crippen LogP contribution in [-0.4, -0.2) is 77.1 Å². The first-order chi connectivity index (χ1) is 29.8. The van der Waals surface area contributed by atoms with E-state index >= 15 is 0 Å². The Bertz CT molecular complexity index is 1850. The van der Waals surface area contributed by atoms with Gasteiger partial charge >= 0.3 is 0 Å². The normalized spacial score (nSPS) is 24.1. The molecule has 5 amide bonds. The van der Waals surface area contributed by atoms with Crippen molar-refractivity contribution in [3.8, 4) is 0 Å². The summed E-state index contributed by atoms with van der Waals surface area (Å²) >= 11 is 0. The number of nitrogens with one attached hydrogen (secondary N) is 3. The lowest BCUT2D eigenvalue weighted by atomic mass is 9.94. The number of carbonyl (C=O) groups excluding carboxylic acids is 5. The third kappa shape index (κ3) is 12.5. The Kier molecular flexibility index (Phi) is 15.7. The fraction of sp³-hybridized carbons (Fsp3) is 0.549. The van der Waals surface area contributed by atoms with Crippen LogP contribution in [-0.2, 0) is 25.7 Å². The third-order valence-corrected chi connectivity index (χ3v) is 13.4. The van der Waals surface area contributed by atoms with Crippen molar-refractivity contribution in [2.45, 2.75) is 146 Å². The maximum atomic E-state index is 13.9. The molecule has 7 rings (SSSR count). The molecular weight excluding hydrogens is 763 g/mol. The number of rotatable bonds is 23. The number of carbonyl (C=O) groups is 5. The Hall–Kier alpha value is -4.99. The highest BCUT2D eigenvalue weighted by Crippen LogP contribution is 2.42. The lowest BCUT2D eigenvalue weighted by Crippen LogP contribution is -2.43. The highest BCUT2D eigenvalue weighted by molar-refractivity contribution is 5.97. The van der Waals surface area contributed by atoms with E-state index in [4.69, 9.17) is 0 Å². The number of benzene rings is 3. The molecule has 2 aliphatic heterocycles. The van der Waals surface area contributed by atoms with Gasteiger partial charge in [0.05, 0.1) is 17.9 Å². The Labute approximate surface area is 363 Å². The number of unbranched alkanes of at least 4 members (excludes halogenated alkanes) is 11. The highest BCUT2D eigenvalue weighted by Gasteiger charge is 2.49. The van der Waals surface area contributed by atoms with Crippen molar-refractivity contribution in [3.05, 3.63) is 107 Å². The van der Waals surface area contributed by atoms with Crippen molar-refractivity contribution in [1.82, 2.24) is 25.8 Å². The fourth-order valence-electron chi connectivity index (χ4n) is 9.53. The van der Waals surface area contributed by atoms with Gasteiger partial charge in [-0.1, -0.05) is 150 Å². The summed E-state index contributed by atoms with van der Waals surface area (Å²) in [5, 5.41) is 9.49. The zero-order valence-electron chi connectivity index (χ0n) is 36.2. The SMILES string of the molecule is CCCCCCCCCCCCCCC(=O)NC1CC(=O)N(Cc2ccc(C(=O)N3C[C@@H](C(=O)N[C@H]4C[C@@H]4c4ccccc4)[C@H](C(=O)N[C@H]4C[C@@H]4c4ccccc4)C3)cc2)C1. The van der Waals surface area contributed by atoms with Gasteiger partial charge in [-0.2, -0.15) is 0 Å². The predicted molar refractivity (Wildman–Crippen MR) is 238 cm³/mol. The average molecular weight is 830 g/mol. The molecule has 2 aliphatic carbocycles. The Morgan fingerprint density at radius 2 is 1.08 bits per heavy atom. The van der Waals surface area contributed by atoms with E-state index in [0.717, 1.165) is 31.2 Å². The smallest absolute Gasteiger partial charge is 0.253 e. The zero-order valence-corrected chi connectivity index (χ0v) is 36.2. The standard InChI is InChI=1S/C51H67N5O5/c1-2-3-4-5-6-7-8-9-10-11-12-19-24-47(57)52-40-29-48(58)55(33-40)32-36-25-27-39(28-26-36)51(61)56-34-43(49(59)53-45-30-41(45)37-20-15-13-16-21-37)44(35-56)50(60)54-46-31-42(46)38-22-17-14-18-23-38/h13-18,20-23,25-28,40-46H,2-12,19,24,29-35H2,1H3,(H,52,57)(H,53,59)(H,54,60)/t40?,41-,42-,43-,44-,45+,46+/m1/s1. The molecule has 0 radical (unpaired) electrons. The van der Waals surface area contributed by atoms with E-state index in [2.05, 4.69) is 47.1 Å². The molecule has 4 fully saturated rings. The Balaban J connectivity index is 0.859. The topological polar surface area (TPSA) is 128 Å². The molecule has 2 saturated heterocycles. The van der Waals surface area contributed by atoms with Gasteiger partial charge < -0.3 is 25.8 Å². The van der Waals surface area contributed by atoms with Crippen LogP contribution in [0.5, 0.6) is 0 Å². The second-order valence-electron chi connectivity index (χ2n) is 18.2. The van der Waals surface area contributed by atoms with E-state index in [1.165, 1.54) is 75.3 Å². The molecule has 61 heavy (non-hydrogen) atoms. The zero-order chi connectivity index (χ0) is 42.6. The molecule has 3 N–H and O–H groups in total. The summed E-state index contributed by atoms with van der Waals surface area (Å²) in [6, 6.07) is 27.4. The molecule has 10 nitrogen and oxygen atoms in total. The highest BCUT2D eigenvalue weighted by atomic mass is 16.2. The van der Waals surface area contributed by atoms with E-state index < -0.39 is 11.8 Å². The van der Waals surface area contributed by atoms with Crippen molar-refractivity contribution in [3.63, 3.8) is 0 Å². The average Bonchev–Trinajstić information content (AvgIpc) is 4.14. The van der Waals surface area contributed by atoms with E-state index in [0.29, 0.717) is 31.5 Å². The van der Waals surface area contributed by atoms with Gasteiger partial charge in [0, 0.05) is 68.5 Å². The van der Waals surface area contributed by atoms with E-state index in [9.17, 15) is 24.0 Å². The third-order valence-electron chi connectivity index (χ3n) is 13.4. The maximum Gasteiger partial charge on any atom is 0.253 e. The molecule has 0 spiro atoms. The molecule has 2 heterocycles. The predicted octanol–water partition coefficient (Wildman–Crippen LogP) is 8.03. The Morgan fingerprint density at radius 3 is 1.59 bits per heavy atom. The summed E-state index contributed by atoms with van der Waals surface area (Å²) in [4.78, 5) is 70.7. The van der Waals surface area contributed by atoms with E-state index in [-0.39, 0.29) is 72.6 Å². The minimum atomic E-state index is -0.659. The summed E-state index contributed by atoms with van der Waals surface area (Å²) < 4.78 is 0. The van der Waals surface area contributed by atoms with Crippen LogP contribution in [0, 0.1) is 11.8 Å². The van der Waals surface area contributed by atoms with Crippen LogP contribution < -0.4 is 16.0 Å². The monoisotopic (exact) mass is 830 g/mol. The largest absolute Gasteiger partial charge is 0.352 e. The molecule has 10 heteroatoms. The van der Waals surface area contributed by atoms with E-state index in [1.807, 2.05) is 48.5 Å². The molecule has 2 saturated carbocycles. The summed E-state index contributed by atoms with van der Waals surface area (Å²) in [5.74, 6) is -1.38. The maximum absolute atomic E-state index is 13.9. The van der Waals surface area contributed by atoms with Crippen LogP contribution in [0.1, 0.15) is 149 Å². The first kappa shape index (κ1) is 44.1. The van der Waals surface area contributed by atoms with Gasteiger partial charge in [0.2, 0.25) is 23.6 Å². The summed E-state index contributed by atoms with van der Waals surface area (Å²) in [6.45, 7) is 3.43. The lowest BCUT2D eigenvalue weighted by molar-refractivity contribution is -0.133. The second-order valence-corrected chi connectivity index (χ2v) is 18.2. The number of hydrogen-bond acceptors (Lipinski definition) is 5. The summed E-state index contributed by atoms with van der Waals surface area (Å²) in [7, 11) is 0. The van der Waals surface area contributed by atoms with Crippen LogP contribution in [0.4, 0.5) is 0 Å². The first-order valence-corrected chi connectivity index (χ1v) is 23.4. The Morgan fingerprint density at radius 1 is 0.590 bits per heavy atom. The van der Waals surface area contributed by atoms with Gasteiger partial charge in [-0.25, -0.2) is 0 Å². The van der Waals surface area contributed by atoms with Gasteiger partial charge in [-0.15, -0.1) is 0 Å². The molecule has 0 bridgehead atoms. The number of nitrogens with zero attached hydrogens (tertiary/aromatic N) is 2. The van der Waals surface area contributed by atoms with Gasteiger partial charge in [-0.05, 0) is 48.1 Å². The lowest BCUT2D eigenvalue weighted by Gasteiger charge is -2.19. The second kappa shape index (κ2) is 21.7. The van der Waals surface area contributed by atoms with Crippen molar-refractivity contribution in [1.29, 1.82) is 0 Å². The minimum Gasteiger partial charge on any atom is -0.352 e. The summed E-state index contributed by atoms with van der Waals surface area (Å²) in [5.41, 5.74) is 3.74. The van der Waals surface area contributed by atoms with Crippen molar-refractivity contribution in [2.75, 3.05) is 19.6 Å². The molecule has 7 atom stereocenters. The van der Waals surface area contributed by atoms with Crippen LogP contribution in [0.15, 0.2) is 84.9 Å². The molecule has 326 valence electrons. The van der Waals surface area contributed by atoms with Crippen molar-refractivity contribution in [2.24, 2.45) is 11.8 Å². The van der Waals surface area contributed by atoms with E-state index in [1.54, 1.807) is 21.9 Å². The van der Waals surface area contributed by atoms with Crippen LogP contribution in [0.3, 0.4) is 0 Å². The van der Waals surface area contributed by atoms with Crippen molar-refractivity contribution < 1.29 is 24.0 Å². The van der Waals surface area contributed by atoms with Crippen LogP contribution in [0.2, 0.25) is 0 Å². The fourth-order valence-corrected chi connectivity index (χ4v) is 9.53. The molecule has 3 aromatic rings. The summed E-state index contributed by atoms with van der Waals surface area (Å²) in [6.07, 6.45) is 17.5. The number of likely N-dealkylation sites (tertiary alicyclic amines) is 2. The molecule has 0 aromatic heterocycles. The number of hydrogen-bond donors (Lipinski definition) is 3. The van der Waals surface area contributed by atoms with Crippen LogP contribution >= 0.6 is 0 Å². The van der Waals surface area contributed by atoms with Gasteiger partial charge in [0.25, 0.3) is 5.91 Å². The molecule has 1 unspecified atom stereocenters. The van der Waals surface area contributed by atoms with Gasteiger partial charge in [0.1, 0.15) is 0 Å². The molecule has 3 aromatic carbocycles. The quantitative estimate of drug-likeness (QED) is 0.0835. The van der Waals surface area contributed by atoms with Gasteiger partial charge in [0.15, 0.2) is 0 Å². The molecular formula is C51H67N5O5.